The number of thioether (sulfide) groups is 1. The van der Waals surface area contributed by atoms with Gasteiger partial charge in [-0.25, -0.2) is 4.98 Å². The van der Waals surface area contributed by atoms with Gasteiger partial charge in [-0.3, -0.25) is 14.0 Å². The number of carbonyl (C=O) groups is 1. The number of rotatable bonds is 6. The summed E-state index contributed by atoms with van der Waals surface area (Å²) < 4.78 is 1.38. The molecule has 6 heteroatoms. The molecule has 0 aliphatic rings. The van der Waals surface area contributed by atoms with Crippen LogP contribution in [0.4, 0.5) is 0 Å². The van der Waals surface area contributed by atoms with Crippen molar-refractivity contribution in [2.24, 2.45) is 0 Å². The average molecular weight is 353 g/mol. The summed E-state index contributed by atoms with van der Waals surface area (Å²) >= 11 is 1.74. The largest absolute Gasteiger partial charge is 0.351 e. The van der Waals surface area contributed by atoms with Crippen LogP contribution >= 0.6 is 11.8 Å². The summed E-state index contributed by atoms with van der Waals surface area (Å²) in [5.74, 6) is 1.30. The van der Waals surface area contributed by atoms with Crippen LogP contribution in [0, 0.1) is 6.92 Å². The summed E-state index contributed by atoms with van der Waals surface area (Å²) in [6.07, 6.45) is 2.95. The van der Waals surface area contributed by atoms with Gasteiger partial charge in [-0.15, -0.1) is 0 Å². The number of nitrogens with zero attached hydrogens (tertiary/aromatic N) is 2. The number of hydrogen-bond donors (Lipinski definition) is 1. The number of aromatic nitrogens is 2. The molecule has 0 atom stereocenters. The van der Waals surface area contributed by atoms with Gasteiger partial charge < -0.3 is 5.32 Å². The van der Waals surface area contributed by atoms with E-state index in [4.69, 9.17) is 0 Å². The second-order valence-corrected chi connectivity index (χ2v) is 6.81. The second-order valence-electron chi connectivity index (χ2n) is 5.70. The quantitative estimate of drug-likeness (QED) is 0.692. The fourth-order valence-corrected chi connectivity index (χ4v) is 3.21. The Hall–Kier alpha value is -2.60. The van der Waals surface area contributed by atoms with Crippen LogP contribution < -0.4 is 10.9 Å². The monoisotopic (exact) mass is 353 g/mol. The number of amides is 1. The molecule has 0 fully saturated rings. The minimum absolute atomic E-state index is 0.0623. The molecule has 0 saturated heterocycles. The molecule has 2 aromatic heterocycles. The van der Waals surface area contributed by atoms with E-state index >= 15 is 0 Å². The third kappa shape index (κ3) is 4.28. The Kier molecular flexibility index (Phi) is 5.50. The molecule has 0 saturated carbocycles. The molecule has 2 heterocycles. The van der Waals surface area contributed by atoms with Crippen molar-refractivity contribution in [3.63, 3.8) is 0 Å². The number of hydrogen-bond acceptors (Lipinski definition) is 4. The highest BCUT2D eigenvalue weighted by atomic mass is 32.2. The predicted octanol–water partition coefficient (Wildman–Crippen LogP) is 2.67. The van der Waals surface area contributed by atoms with Crippen molar-refractivity contribution in [2.45, 2.75) is 12.7 Å². The van der Waals surface area contributed by atoms with Gasteiger partial charge in [-0.05, 0) is 24.6 Å². The molecule has 0 spiro atoms. The highest BCUT2D eigenvalue weighted by Gasteiger charge is 2.12. The van der Waals surface area contributed by atoms with Crippen molar-refractivity contribution in [2.75, 3.05) is 12.3 Å². The van der Waals surface area contributed by atoms with Crippen LogP contribution in [0.3, 0.4) is 0 Å². The van der Waals surface area contributed by atoms with Crippen molar-refractivity contribution < 1.29 is 4.79 Å². The van der Waals surface area contributed by atoms with Gasteiger partial charge in [0.15, 0.2) is 0 Å². The van der Waals surface area contributed by atoms with E-state index < -0.39 is 0 Å². The van der Waals surface area contributed by atoms with Gasteiger partial charge in [0.1, 0.15) is 11.2 Å². The van der Waals surface area contributed by atoms with Gasteiger partial charge in [-0.1, -0.05) is 35.9 Å². The predicted molar refractivity (Wildman–Crippen MR) is 101 cm³/mol. The van der Waals surface area contributed by atoms with E-state index in [0.29, 0.717) is 12.2 Å². The standard InChI is InChI=1S/C19H19N3O2S/c1-14-5-7-15(8-6-14)13-25-11-9-20-18(23)16-12-21-17-4-2-3-10-22(17)19(16)24/h2-8,10,12H,9,11,13H2,1H3,(H,20,23). The SMILES string of the molecule is Cc1ccc(CSCCNC(=O)c2cnc3ccccn3c2=O)cc1. The number of pyridine rings is 1. The number of benzene rings is 1. The molecule has 1 amide bonds. The first kappa shape index (κ1) is 17.2. The average Bonchev–Trinajstić information content (AvgIpc) is 2.63. The van der Waals surface area contributed by atoms with Crippen LogP contribution in [0.5, 0.6) is 0 Å². The van der Waals surface area contributed by atoms with Crippen LogP contribution in [-0.2, 0) is 5.75 Å². The summed E-state index contributed by atoms with van der Waals surface area (Å²) in [7, 11) is 0. The molecule has 0 unspecified atom stereocenters. The normalized spacial score (nSPS) is 10.8. The molecule has 3 rings (SSSR count). The fourth-order valence-electron chi connectivity index (χ4n) is 2.39. The Morgan fingerprint density at radius 1 is 1.20 bits per heavy atom. The van der Waals surface area contributed by atoms with E-state index in [1.165, 1.54) is 21.7 Å². The highest BCUT2D eigenvalue weighted by molar-refractivity contribution is 7.98. The van der Waals surface area contributed by atoms with Crippen molar-refractivity contribution >= 4 is 23.3 Å². The lowest BCUT2D eigenvalue weighted by molar-refractivity contribution is 0.0954. The lowest BCUT2D eigenvalue weighted by atomic mass is 10.2. The summed E-state index contributed by atoms with van der Waals surface area (Å²) in [6, 6.07) is 13.7. The Bertz CT molecular complexity index is 935. The topological polar surface area (TPSA) is 63.5 Å². The summed E-state index contributed by atoms with van der Waals surface area (Å²) in [4.78, 5) is 28.7. The van der Waals surface area contributed by atoms with Gasteiger partial charge >= 0.3 is 0 Å². The molecule has 1 aromatic carbocycles. The summed E-state index contributed by atoms with van der Waals surface area (Å²) in [5, 5.41) is 2.79. The van der Waals surface area contributed by atoms with Crippen LogP contribution in [0.25, 0.3) is 5.65 Å². The Morgan fingerprint density at radius 2 is 2.00 bits per heavy atom. The minimum Gasteiger partial charge on any atom is -0.351 e. The van der Waals surface area contributed by atoms with Crippen molar-refractivity contribution in [1.29, 1.82) is 0 Å². The fraction of sp³-hybridized carbons (Fsp3) is 0.211. The first-order chi connectivity index (χ1) is 12.1. The summed E-state index contributed by atoms with van der Waals surface area (Å²) in [6.45, 7) is 2.57. The zero-order chi connectivity index (χ0) is 17.6. The summed E-state index contributed by atoms with van der Waals surface area (Å²) in [5.41, 5.74) is 2.75. The molecular weight excluding hydrogens is 334 g/mol. The van der Waals surface area contributed by atoms with Crippen LogP contribution in [0.1, 0.15) is 21.5 Å². The lowest BCUT2D eigenvalue weighted by Gasteiger charge is -2.06. The van der Waals surface area contributed by atoms with Gasteiger partial charge in [-0.2, -0.15) is 11.8 Å². The van der Waals surface area contributed by atoms with E-state index in [9.17, 15) is 9.59 Å². The molecular formula is C19H19N3O2S. The van der Waals surface area contributed by atoms with Crippen LogP contribution in [0.2, 0.25) is 0 Å². The molecule has 0 radical (unpaired) electrons. The number of carbonyl (C=O) groups excluding carboxylic acids is 1. The maximum Gasteiger partial charge on any atom is 0.270 e. The third-order valence-corrected chi connectivity index (χ3v) is 4.81. The lowest BCUT2D eigenvalue weighted by Crippen LogP contribution is -2.32. The Labute approximate surface area is 150 Å². The zero-order valence-electron chi connectivity index (χ0n) is 13.9. The van der Waals surface area contributed by atoms with Gasteiger partial charge in [0, 0.05) is 30.4 Å². The molecule has 128 valence electrons. The smallest absolute Gasteiger partial charge is 0.270 e. The van der Waals surface area contributed by atoms with E-state index in [0.717, 1.165) is 11.5 Å². The van der Waals surface area contributed by atoms with Crippen LogP contribution in [0.15, 0.2) is 59.7 Å². The van der Waals surface area contributed by atoms with Gasteiger partial charge in [0.25, 0.3) is 11.5 Å². The van der Waals surface area contributed by atoms with E-state index in [-0.39, 0.29) is 17.0 Å². The Morgan fingerprint density at radius 3 is 2.80 bits per heavy atom. The maximum absolute atomic E-state index is 12.3. The number of fused-ring (bicyclic) bond motifs is 1. The van der Waals surface area contributed by atoms with E-state index in [2.05, 4.69) is 41.5 Å². The molecule has 5 nitrogen and oxygen atoms in total. The Balaban J connectivity index is 1.52. The minimum atomic E-state index is -0.383. The van der Waals surface area contributed by atoms with Crippen molar-refractivity contribution in [3.05, 3.63) is 81.9 Å². The number of nitrogens with one attached hydrogen (secondary N) is 1. The third-order valence-electron chi connectivity index (χ3n) is 3.78. The zero-order valence-corrected chi connectivity index (χ0v) is 14.8. The molecule has 3 aromatic rings. The first-order valence-electron chi connectivity index (χ1n) is 8.03. The van der Waals surface area contributed by atoms with Crippen LogP contribution in [-0.4, -0.2) is 27.6 Å². The molecule has 0 bridgehead atoms. The van der Waals surface area contributed by atoms with Gasteiger partial charge in [0.05, 0.1) is 0 Å². The molecule has 25 heavy (non-hydrogen) atoms. The highest BCUT2D eigenvalue weighted by Crippen LogP contribution is 2.12. The molecule has 1 N–H and O–H groups in total. The van der Waals surface area contributed by atoms with Crippen molar-refractivity contribution in [1.82, 2.24) is 14.7 Å². The molecule has 0 aliphatic heterocycles. The van der Waals surface area contributed by atoms with Crippen molar-refractivity contribution in [3.8, 4) is 0 Å². The second kappa shape index (κ2) is 7.98. The first-order valence-corrected chi connectivity index (χ1v) is 9.18. The number of aryl methyl sites for hydroxylation is 1. The molecule has 0 aliphatic carbocycles. The van der Waals surface area contributed by atoms with E-state index in [1.807, 2.05) is 0 Å². The van der Waals surface area contributed by atoms with Gasteiger partial charge in [0.2, 0.25) is 0 Å². The van der Waals surface area contributed by atoms with E-state index in [1.54, 1.807) is 36.2 Å². The maximum atomic E-state index is 12.3.